The van der Waals surface area contributed by atoms with Crippen molar-refractivity contribution in [3.8, 4) is 23.0 Å². The van der Waals surface area contributed by atoms with Gasteiger partial charge in [0.25, 0.3) is 0 Å². The van der Waals surface area contributed by atoms with Gasteiger partial charge in [-0.3, -0.25) is 0 Å². The summed E-state index contributed by atoms with van der Waals surface area (Å²) in [5, 5.41) is 2.14. The molecule has 6 nitrogen and oxygen atoms in total. The number of benzene rings is 3. The summed E-state index contributed by atoms with van der Waals surface area (Å²) in [4.78, 5) is 0. The molecule has 3 aromatic carbocycles. The normalized spacial score (nSPS) is 19.2. The fourth-order valence-corrected chi connectivity index (χ4v) is 4.15. The maximum atomic E-state index is 6.47. The van der Waals surface area contributed by atoms with E-state index in [2.05, 4.69) is 28.6 Å². The maximum Gasteiger partial charge on any atom is 0.195 e. The van der Waals surface area contributed by atoms with E-state index in [0.717, 1.165) is 45.4 Å². The van der Waals surface area contributed by atoms with Crippen molar-refractivity contribution >= 4 is 5.70 Å². The number of ether oxygens (including phenoxy) is 4. The minimum absolute atomic E-state index is 0.0116. The summed E-state index contributed by atoms with van der Waals surface area (Å²) in [6, 6.07) is 22.0. The Kier molecular flexibility index (Phi) is 5.37. The summed E-state index contributed by atoms with van der Waals surface area (Å²) in [6.45, 7) is 2.62. The molecule has 0 radical (unpaired) electrons. The first-order valence-electron chi connectivity index (χ1n) is 10.7. The van der Waals surface area contributed by atoms with Gasteiger partial charge >= 0.3 is 0 Å². The first kappa shape index (κ1) is 20.3. The number of hydrogen-bond acceptors (Lipinski definition) is 6. The van der Waals surface area contributed by atoms with Crippen LogP contribution >= 0.6 is 0 Å². The van der Waals surface area contributed by atoms with Crippen LogP contribution < -0.4 is 24.4 Å². The quantitative estimate of drug-likeness (QED) is 0.588. The van der Waals surface area contributed by atoms with Gasteiger partial charge < -0.3 is 24.4 Å². The molecule has 2 heterocycles. The Balaban J connectivity index is 1.53. The van der Waals surface area contributed by atoms with Crippen LogP contribution in [-0.2, 0) is 0 Å². The molecule has 0 aliphatic carbocycles. The van der Waals surface area contributed by atoms with Crippen molar-refractivity contribution < 1.29 is 18.9 Å². The van der Waals surface area contributed by atoms with Gasteiger partial charge in [-0.15, -0.1) is 0 Å². The Morgan fingerprint density at radius 3 is 2.25 bits per heavy atom. The Morgan fingerprint density at radius 2 is 1.56 bits per heavy atom. The number of rotatable bonds is 6. The van der Waals surface area contributed by atoms with E-state index in [-0.39, 0.29) is 12.3 Å². The first-order chi connectivity index (χ1) is 15.7. The van der Waals surface area contributed by atoms with Crippen molar-refractivity contribution in [3.63, 3.8) is 0 Å². The first-order valence-corrected chi connectivity index (χ1v) is 10.7. The average Bonchev–Trinajstić information content (AvgIpc) is 3.30. The summed E-state index contributed by atoms with van der Waals surface area (Å²) in [7, 11) is 3.35. The van der Waals surface area contributed by atoms with Crippen LogP contribution in [0.4, 0.5) is 0 Å². The van der Waals surface area contributed by atoms with Gasteiger partial charge in [0.15, 0.2) is 6.23 Å². The van der Waals surface area contributed by atoms with E-state index in [0.29, 0.717) is 6.61 Å². The van der Waals surface area contributed by atoms with Crippen molar-refractivity contribution in [2.45, 2.75) is 19.2 Å². The number of nitrogens with one attached hydrogen (secondary N) is 1. The molecule has 0 saturated heterocycles. The molecule has 0 spiro atoms. The lowest BCUT2D eigenvalue weighted by Gasteiger charge is -2.39. The minimum atomic E-state index is -0.302. The van der Waals surface area contributed by atoms with E-state index < -0.39 is 0 Å². The highest BCUT2D eigenvalue weighted by Crippen LogP contribution is 2.47. The molecule has 0 saturated carbocycles. The molecule has 2 aliphatic heterocycles. The summed E-state index contributed by atoms with van der Waals surface area (Å²) >= 11 is 0. The highest BCUT2D eigenvalue weighted by Gasteiger charge is 2.40. The van der Waals surface area contributed by atoms with Crippen LogP contribution in [-0.4, -0.2) is 25.8 Å². The highest BCUT2D eigenvalue weighted by molar-refractivity contribution is 5.68. The zero-order chi connectivity index (χ0) is 22.1. The van der Waals surface area contributed by atoms with Crippen LogP contribution in [0.25, 0.3) is 5.70 Å². The molecule has 0 fully saturated rings. The molecule has 0 bridgehead atoms. The second-order valence-electron chi connectivity index (χ2n) is 7.65. The topological polar surface area (TPSA) is 52.2 Å². The predicted molar refractivity (Wildman–Crippen MR) is 123 cm³/mol. The van der Waals surface area contributed by atoms with Gasteiger partial charge in [0, 0.05) is 11.1 Å². The van der Waals surface area contributed by atoms with Gasteiger partial charge in [-0.2, -0.15) is 5.01 Å². The molecule has 5 rings (SSSR count). The van der Waals surface area contributed by atoms with Crippen LogP contribution in [0.5, 0.6) is 23.0 Å². The number of hydrazine groups is 1. The molecule has 32 heavy (non-hydrogen) atoms. The van der Waals surface area contributed by atoms with E-state index in [1.54, 1.807) is 14.2 Å². The Hall–Kier alpha value is -3.64. The lowest BCUT2D eigenvalue weighted by atomic mass is 10.0. The lowest BCUT2D eigenvalue weighted by Crippen LogP contribution is -2.43. The largest absolute Gasteiger partial charge is 0.497 e. The third kappa shape index (κ3) is 3.63. The van der Waals surface area contributed by atoms with Crippen LogP contribution in [0.3, 0.4) is 0 Å². The zero-order valence-corrected chi connectivity index (χ0v) is 18.4. The van der Waals surface area contributed by atoms with Gasteiger partial charge in [0.1, 0.15) is 23.0 Å². The lowest BCUT2D eigenvalue weighted by molar-refractivity contribution is -0.0327. The molecule has 2 unspecified atom stereocenters. The summed E-state index contributed by atoms with van der Waals surface area (Å²) in [5.41, 5.74) is 7.77. The van der Waals surface area contributed by atoms with Crippen molar-refractivity contribution in [2.24, 2.45) is 0 Å². The molecule has 164 valence electrons. The third-order valence-electron chi connectivity index (χ3n) is 5.78. The molecule has 0 amide bonds. The van der Waals surface area contributed by atoms with E-state index in [9.17, 15) is 0 Å². The van der Waals surface area contributed by atoms with Crippen LogP contribution in [0.2, 0.25) is 0 Å². The van der Waals surface area contributed by atoms with Crippen LogP contribution in [0.1, 0.15) is 35.9 Å². The third-order valence-corrected chi connectivity index (χ3v) is 5.78. The van der Waals surface area contributed by atoms with E-state index in [4.69, 9.17) is 18.9 Å². The Morgan fingerprint density at radius 1 is 0.875 bits per heavy atom. The van der Waals surface area contributed by atoms with Gasteiger partial charge in [0.05, 0.1) is 32.6 Å². The summed E-state index contributed by atoms with van der Waals surface area (Å²) < 4.78 is 22.8. The molecular formula is C26H26N2O4. The Bertz CT molecular complexity index is 1130. The van der Waals surface area contributed by atoms with Gasteiger partial charge in [-0.1, -0.05) is 12.1 Å². The molecule has 2 atom stereocenters. The molecule has 6 heteroatoms. The number of methoxy groups -OCH3 is 2. The van der Waals surface area contributed by atoms with Crippen molar-refractivity contribution in [1.29, 1.82) is 0 Å². The fourth-order valence-electron chi connectivity index (χ4n) is 4.15. The monoisotopic (exact) mass is 430 g/mol. The smallest absolute Gasteiger partial charge is 0.195 e. The molecule has 1 N–H and O–H groups in total. The van der Waals surface area contributed by atoms with Gasteiger partial charge in [-0.25, -0.2) is 0 Å². The Labute approximate surface area is 187 Å². The fraction of sp³-hybridized carbons (Fsp3) is 0.231. The van der Waals surface area contributed by atoms with Crippen molar-refractivity contribution in [1.82, 2.24) is 10.4 Å². The minimum Gasteiger partial charge on any atom is -0.497 e. The molecule has 3 aromatic rings. The number of fused-ring (bicyclic) bond motifs is 3. The predicted octanol–water partition coefficient (Wildman–Crippen LogP) is 5.10. The zero-order valence-electron chi connectivity index (χ0n) is 18.4. The van der Waals surface area contributed by atoms with Crippen molar-refractivity contribution in [3.05, 3.63) is 89.5 Å². The van der Waals surface area contributed by atoms with Crippen LogP contribution in [0, 0.1) is 0 Å². The van der Waals surface area contributed by atoms with Gasteiger partial charge in [0.2, 0.25) is 0 Å². The number of nitrogens with zero attached hydrogens (tertiary/aromatic N) is 1. The highest BCUT2D eigenvalue weighted by atomic mass is 16.5. The average molecular weight is 431 g/mol. The molecule has 2 aliphatic rings. The van der Waals surface area contributed by atoms with E-state index >= 15 is 0 Å². The summed E-state index contributed by atoms with van der Waals surface area (Å²) in [5.74, 6) is 3.33. The molecule has 0 aromatic heterocycles. The van der Waals surface area contributed by atoms with Crippen LogP contribution in [0.15, 0.2) is 72.8 Å². The van der Waals surface area contributed by atoms with Crippen molar-refractivity contribution in [2.75, 3.05) is 20.8 Å². The van der Waals surface area contributed by atoms with E-state index in [1.165, 1.54) is 0 Å². The SMILES string of the molecule is CCOc1ccc(C2Oc3ccc(OC)cc3C3C=C(c4ccc(OC)cc4)NN32)cc1. The molecular weight excluding hydrogens is 404 g/mol. The van der Waals surface area contributed by atoms with Gasteiger partial charge in [-0.05, 0) is 73.2 Å². The maximum absolute atomic E-state index is 6.47. The second kappa shape index (κ2) is 8.48. The second-order valence-corrected chi connectivity index (χ2v) is 7.65. The summed E-state index contributed by atoms with van der Waals surface area (Å²) in [6.07, 6.45) is 1.92. The van der Waals surface area contributed by atoms with E-state index in [1.807, 2.05) is 61.5 Å². The standard InChI is InChI=1S/C26H26N2O4/c1-4-31-20-11-7-18(8-12-20)26-28-24(22-15-21(30-3)13-14-25(22)32-26)16-23(27-28)17-5-9-19(29-2)10-6-17/h5-16,24,26-27H,4H2,1-3H3. The number of hydrogen-bond donors (Lipinski definition) is 1.